The van der Waals surface area contributed by atoms with Gasteiger partial charge in [-0.25, -0.2) is 9.80 Å². The minimum absolute atomic E-state index is 0.0650. The van der Waals surface area contributed by atoms with Crippen LogP contribution in [-0.2, 0) is 32.8 Å². The van der Waals surface area contributed by atoms with Gasteiger partial charge in [0.05, 0.1) is 29.7 Å². The number of carbonyl (C=O) groups excluding carboxylic acids is 1. The zero-order valence-corrected chi connectivity index (χ0v) is 18.3. The Morgan fingerprint density at radius 2 is 1.97 bits per heavy atom. The number of hydrogen-bond donors (Lipinski definition) is 1. The van der Waals surface area contributed by atoms with E-state index in [4.69, 9.17) is 0 Å². The topological polar surface area (TPSA) is 134 Å². The second-order valence-electron chi connectivity index (χ2n) is 7.94. The maximum atomic E-state index is 13.2. The van der Waals surface area contributed by atoms with E-state index < -0.39 is 27.7 Å². The van der Waals surface area contributed by atoms with Crippen molar-refractivity contribution in [3.8, 4) is 0 Å². The van der Waals surface area contributed by atoms with E-state index in [1.54, 1.807) is 4.68 Å². The van der Waals surface area contributed by atoms with E-state index in [-0.39, 0.29) is 24.6 Å². The molecule has 0 saturated carbocycles. The number of hydrazone groups is 1. The number of carbonyl (C=O) groups is 2. The van der Waals surface area contributed by atoms with E-state index in [1.165, 1.54) is 18.9 Å². The van der Waals surface area contributed by atoms with Crippen LogP contribution in [0.2, 0.25) is 0 Å². The summed E-state index contributed by atoms with van der Waals surface area (Å²) in [7, 11) is -2.19. The lowest BCUT2D eigenvalue weighted by Gasteiger charge is -2.25. The largest absolute Gasteiger partial charge is 0.465 e. The molecule has 2 rings (SSSR count). The van der Waals surface area contributed by atoms with Crippen LogP contribution in [0.1, 0.15) is 49.4 Å². The molecule has 11 nitrogen and oxygen atoms in total. The van der Waals surface area contributed by atoms with Crippen LogP contribution in [0, 0.1) is 0 Å². The van der Waals surface area contributed by atoms with Crippen molar-refractivity contribution >= 4 is 27.8 Å². The van der Waals surface area contributed by atoms with E-state index in [9.17, 15) is 23.1 Å². The van der Waals surface area contributed by atoms with Crippen LogP contribution >= 0.6 is 0 Å². The van der Waals surface area contributed by atoms with E-state index in [0.29, 0.717) is 24.2 Å². The van der Waals surface area contributed by atoms with Crippen molar-refractivity contribution < 1.29 is 27.3 Å². The molecular weight excluding hydrogens is 402 g/mol. The predicted molar refractivity (Wildman–Crippen MR) is 105 cm³/mol. The van der Waals surface area contributed by atoms with Crippen molar-refractivity contribution in [2.24, 2.45) is 5.10 Å². The Balaban J connectivity index is 2.40. The highest BCUT2D eigenvalue weighted by atomic mass is 32.2. The van der Waals surface area contributed by atoms with Crippen molar-refractivity contribution in [1.82, 2.24) is 19.7 Å². The average Bonchev–Trinajstić information content (AvgIpc) is 2.97. The molecule has 2 amide bonds. The Kier molecular flexibility index (Phi) is 6.38. The van der Waals surface area contributed by atoms with Gasteiger partial charge in [-0.05, 0) is 27.7 Å². The van der Waals surface area contributed by atoms with E-state index in [0.717, 1.165) is 11.3 Å². The number of aromatic nitrogens is 2. The predicted octanol–water partition coefficient (Wildman–Crippen LogP) is 1.10. The number of carboxylic acid groups (broad SMARTS) is 1. The molecule has 0 unspecified atom stereocenters. The third-order valence-electron chi connectivity index (χ3n) is 4.24. The summed E-state index contributed by atoms with van der Waals surface area (Å²) in [6, 6.07) is 0. The van der Waals surface area contributed by atoms with Gasteiger partial charge >= 0.3 is 6.09 Å². The van der Waals surface area contributed by atoms with Crippen LogP contribution in [0.25, 0.3) is 0 Å². The molecule has 1 aliphatic rings. The Labute approximate surface area is 170 Å². The monoisotopic (exact) mass is 429 g/mol. The normalized spacial score (nSPS) is 15.2. The van der Waals surface area contributed by atoms with Crippen LogP contribution in [0.5, 0.6) is 0 Å². The minimum Gasteiger partial charge on any atom is -0.465 e. The zero-order chi connectivity index (χ0) is 22.1. The highest BCUT2D eigenvalue weighted by Crippen LogP contribution is 2.28. The lowest BCUT2D eigenvalue weighted by molar-refractivity contribution is 0.0774. The first kappa shape index (κ1) is 22.8. The molecule has 162 valence electrons. The standard InChI is InChI=1S/C17H27N5O6S/c1-11(10-28-29(6,26)27)18-20(5)15(23)14-12-9-21(16(24)25)8-7-13(12)19-22(14)17(2,3)4/h7-10H2,1-6H3,(H,24,25)/b18-11+. The van der Waals surface area contributed by atoms with Crippen LogP contribution in [0.15, 0.2) is 5.10 Å². The summed E-state index contributed by atoms with van der Waals surface area (Å²) >= 11 is 0. The first-order chi connectivity index (χ1) is 13.2. The lowest BCUT2D eigenvalue weighted by Crippen LogP contribution is -2.36. The lowest BCUT2D eigenvalue weighted by atomic mass is 10.0. The van der Waals surface area contributed by atoms with Crippen molar-refractivity contribution in [2.45, 2.75) is 46.2 Å². The summed E-state index contributed by atoms with van der Waals surface area (Å²) in [6.45, 7) is 7.32. The van der Waals surface area contributed by atoms with Gasteiger partial charge in [0.1, 0.15) is 12.3 Å². The summed E-state index contributed by atoms with van der Waals surface area (Å²) in [5.74, 6) is -0.473. The molecular formula is C17H27N5O6S. The Hall–Kier alpha value is -2.47. The second-order valence-corrected chi connectivity index (χ2v) is 9.58. The summed E-state index contributed by atoms with van der Waals surface area (Å²) < 4.78 is 28.5. The van der Waals surface area contributed by atoms with Crippen LogP contribution in [0.4, 0.5) is 4.79 Å². The van der Waals surface area contributed by atoms with Crippen LogP contribution < -0.4 is 0 Å². The molecule has 0 bridgehead atoms. The quantitative estimate of drug-likeness (QED) is 0.421. The van der Waals surface area contributed by atoms with E-state index in [1.807, 2.05) is 20.8 Å². The molecule has 1 N–H and O–H groups in total. The van der Waals surface area contributed by atoms with Crippen LogP contribution in [0.3, 0.4) is 0 Å². The highest BCUT2D eigenvalue weighted by Gasteiger charge is 2.34. The first-order valence-electron chi connectivity index (χ1n) is 8.96. The van der Waals surface area contributed by atoms with Crippen LogP contribution in [-0.4, -0.2) is 77.4 Å². The average molecular weight is 429 g/mol. The second kappa shape index (κ2) is 8.11. The molecule has 0 radical (unpaired) electrons. The molecule has 12 heteroatoms. The third kappa shape index (κ3) is 5.54. The fraction of sp³-hybridized carbons (Fsp3) is 0.647. The Morgan fingerprint density at radius 1 is 1.34 bits per heavy atom. The molecule has 0 spiro atoms. The number of nitrogens with zero attached hydrogens (tertiary/aromatic N) is 5. The molecule has 0 atom stereocenters. The molecule has 1 aliphatic heterocycles. The Morgan fingerprint density at radius 3 is 2.48 bits per heavy atom. The number of fused-ring (bicyclic) bond motifs is 1. The maximum Gasteiger partial charge on any atom is 0.407 e. The van der Waals surface area contributed by atoms with E-state index in [2.05, 4.69) is 14.4 Å². The van der Waals surface area contributed by atoms with Gasteiger partial charge in [0, 0.05) is 25.6 Å². The number of hydrogen-bond acceptors (Lipinski definition) is 7. The van der Waals surface area contributed by atoms with Gasteiger partial charge in [-0.3, -0.25) is 13.7 Å². The van der Waals surface area contributed by atoms with Gasteiger partial charge in [0.2, 0.25) is 0 Å². The maximum absolute atomic E-state index is 13.2. The SMILES string of the molecule is C/C(COS(C)(=O)=O)=N\N(C)C(=O)c1c2c(nn1C(C)(C)C)CCN(C(=O)O)C2. The van der Waals surface area contributed by atoms with Gasteiger partial charge in [0.25, 0.3) is 16.0 Å². The molecule has 0 saturated heterocycles. The molecule has 0 aliphatic carbocycles. The molecule has 2 heterocycles. The summed E-state index contributed by atoms with van der Waals surface area (Å²) in [4.78, 5) is 25.8. The molecule has 0 aromatic carbocycles. The van der Waals surface area contributed by atoms with Crippen molar-refractivity contribution in [1.29, 1.82) is 0 Å². The summed E-state index contributed by atoms with van der Waals surface area (Å²) in [6.07, 6.45) is 0.286. The van der Waals surface area contributed by atoms with Crippen molar-refractivity contribution in [2.75, 3.05) is 26.5 Å². The smallest absolute Gasteiger partial charge is 0.407 e. The van der Waals surface area contributed by atoms with Gasteiger partial charge < -0.3 is 10.0 Å². The van der Waals surface area contributed by atoms with Crippen molar-refractivity contribution in [3.63, 3.8) is 0 Å². The fourth-order valence-electron chi connectivity index (χ4n) is 2.92. The molecule has 1 aromatic rings. The van der Waals surface area contributed by atoms with Gasteiger partial charge in [-0.2, -0.15) is 18.6 Å². The summed E-state index contributed by atoms with van der Waals surface area (Å²) in [5.41, 5.74) is 1.28. The summed E-state index contributed by atoms with van der Waals surface area (Å²) in [5, 5.41) is 19.1. The molecule has 1 aromatic heterocycles. The van der Waals surface area contributed by atoms with Gasteiger partial charge in [0.15, 0.2) is 0 Å². The zero-order valence-electron chi connectivity index (χ0n) is 17.5. The minimum atomic E-state index is -3.63. The number of rotatable bonds is 5. The van der Waals surface area contributed by atoms with E-state index >= 15 is 0 Å². The number of amides is 2. The fourth-order valence-corrected chi connectivity index (χ4v) is 3.30. The highest BCUT2D eigenvalue weighted by molar-refractivity contribution is 7.86. The first-order valence-corrected chi connectivity index (χ1v) is 10.8. The van der Waals surface area contributed by atoms with Gasteiger partial charge in [-0.1, -0.05) is 0 Å². The van der Waals surface area contributed by atoms with Crippen molar-refractivity contribution in [3.05, 3.63) is 17.0 Å². The van der Waals surface area contributed by atoms with Gasteiger partial charge in [-0.15, -0.1) is 0 Å². The Bertz CT molecular complexity index is 944. The molecule has 29 heavy (non-hydrogen) atoms. The molecule has 0 fully saturated rings. The third-order valence-corrected chi connectivity index (χ3v) is 4.79.